The van der Waals surface area contributed by atoms with Crippen molar-refractivity contribution in [2.45, 2.75) is 32.4 Å². The van der Waals surface area contributed by atoms with E-state index in [0.29, 0.717) is 13.1 Å². The maximum absolute atomic E-state index is 12.0. The quantitative estimate of drug-likeness (QED) is 0.866. The van der Waals surface area contributed by atoms with E-state index in [4.69, 9.17) is 4.74 Å². The van der Waals surface area contributed by atoms with Crippen LogP contribution in [0.5, 0.6) is 5.75 Å². The highest BCUT2D eigenvalue weighted by molar-refractivity contribution is 5.27. The van der Waals surface area contributed by atoms with Crippen LogP contribution in [0, 0.1) is 0 Å². The third kappa shape index (κ3) is 6.45. The summed E-state index contributed by atoms with van der Waals surface area (Å²) in [4.78, 5) is 0. The van der Waals surface area contributed by atoms with Crippen molar-refractivity contribution in [1.82, 2.24) is 5.32 Å². The van der Waals surface area contributed by atoms with Crippen molar-refractivity contribution in [3.05, 3.63) is 29.8 Å². The lowest BCUT2D eigenvalue weighted by atomic mass is 10.1. The van der Waals surface area contributed by atoms with Crippen molar-refractivity contribution in [1.29, 1.82) is 0 Å². The predicted octanol–water partition coefficient (Wildman–Crippen LogP) is 3.10. The fourth-order valence-corrected chi connectivity index (χ4v) is 1.39. The fourth-order valence-electron chi connectivity index (χ4n) is 1.39. The number of ether oxygens (including phenoxy) is 2. The van der Waals surface area contributed by atoms with Gasteiger partial charge in [-0.1, -0.05) is 12.1 Å². The Morgan fingerprint density at radius 2 is 1.68 bits per heavy atom. The molecule has 1 N–H and O–H groups in total. The molecule has 0 aliphatic rings. The van der Waals surface area contributed by atoms with Crippen molar-refractivity contribution in [2.24, 2.45) is 0 Å². The summed E-state index contributed by atoms with van der Waals surface area (Å²) in [7, 11) is 1.63. The van der Waals surface area contributed by atoms with Gasteiger partial charge >= 0.3 is 6.36 Å². The van der Waals surface area contributed by atoms with Crippen LogP contribution >= 0.6 is 0 Å². The minimum absolute atomic E-state index is 0.214. The number of hydrogen-bond donors (Lipinski definition) is 1. The minimum Gasteiger partial charge on any atom is -0.406 e. The molecule has 0 unspecified atom stereocenters. The van der Waals surface area contributed by atoms with Gasteiger partial charge < -0.3 is 14.8 Å². The summed E-state index contributed by atoms with van der Waals surface area (Å²) in [6, 6.07) is 5.78. The summed E-state index contributed by atoms with van der Waals surface area (Å²) in [5.74, 6) is -0.214. The van der Waals surface area contributed by atoms with Gasteiger partial charge in [0.25, 0.3) is 0 Å². The van der Waals surface area contributed by atoms with E-state index in [2.05, 4.69) is 10.1 Å². The second-order valence-corrected chi connectivity index (χ2v) is 4.76. The molecule has 19 heavy (non-hydrogen) atoms. The second-order valence-electron chi connectivity index (χ2n) is 4.76. The van der Waals surface area contributed by atoms with Gasteiger partial charge in [0.05, 0.1) is 5.60 Å². The first-order chi connectivity index (χ1) is 8.72. The molecule has 0 amide bonds. The summed E-state index contributed by atoms with van der Waals surface area (Å²) >= 11 is 0. The molecule has 0 aliphatic heterocycles. The van der Waals surface area contributed by atoms with Crippen LogP contribution in [0.15, 0.2) is 24.3 Å². The van der Waals surface area contributed by atoms with Crippen LogP contribution in [0.3, 0.4) is 0 Å². The standard InChI is InChI=1S/C13H18F3NO2/c1-12(2,18-3)9-17-8-10-4-6-11(7-5-10)19-13(14,15)16/h4-7,17H,8-9H2,1-3H3. The molecular weight excluding hydrogens is 259 g/mol. The average molecular weight is 277 g/mol. The molecule has 1 aromatic carbocycles. The van der Waals surface area contributed by atoms with Crippen LogP contribution in [0.2, 0.25) is 0 Å². The van der Waals surface area contributed by atoms with E-state index in [1.807, 2.05) is 13.8 Å². The van der Waals surface area contributed by atoms with Crippen molar-refractivity contribution in [3.8, 4) is 5.75 Å². The van der Waals surface area contributed by atoms with E-state index >= 15 is 0 Å². The lowest BCUT2D eigenvalue weighted by Gasteiger charge is -2.23. The van der Waals surface area contributed by atoms with Crippen molar-refractivity contribution in [2.75, 3.05) is 13.7 Å². The maximum atomic E-state index is 12.0. The molecule has 0 aromatic heterocycles. The van der Waals surface area contributed by atoms with Crippen LogP contribution in [0.1, 0.15) is 19.4 Å². The molecule has 0 heterocycles. The highest BCUT2D eigenvalue weighted by Crippen LogP contribution is 2.22. The smallest absolute Gasteiger partial charge is 0.406 e. The Morgan fingerprint density at radius 3 is 2.16 bits per heavy atom. The zero-order valence-electron chi connectivity index (χ0n) is 11.2. The molecular formula is C13H18F3NO2. The van der Waals surface area contributed by atoms with Gasteiger partial charge in [-0.3, -0.25) is 0 Å². The lowest BCUT2D eigenvalue weighted by Crippen LogP contribution is -2.36. The minimum atomic E-state index is -4.65. The largest absolute Gasteiger partial charge is 0.573 e. The molecule has 0 spiro atoms. The molecule has 1 rings (SSSR count). The molecule has 0 atom stereocenters. The molecule has 3 nitrogen and oxygen atoms in total. The van der Waals surface area contributed by atoms with Crippen LogP contribution < -0.4 is 10.1 Å². The Morgan fingerprint density at radius 1 is 1.11 bits per heavy atom. The van der Waals surface area contributed by atoms with Gasteiger partial charge in [0.15, 0.2) is 0 Å². The summed E-state index contributed by atoms with van der Waals surface area (Å²) in [5.41, 5.74) is 0.598. The molecule has 0 bridgehead atoms. The zero-order valence-corrected chi connectivity index (χ0v) is 11.2. The van der Waals surface area contributed by atoms with Gasteiger partial charge in [-0.25, -0.2) is 0 Å². The van der Waals surface area contributed by atoms with E-state index < -0.39 is 6.36 Å². The molecule has 0 saturated carbocycles. The molecule has 0 aliphatic carbocycles. The number of alkyl halides is 3. The van der Waals surface area contributed by atoms with Crippen LogP contribution in [-0.4, -0.2) is 25.6 Å². The van der Waals surface area contributed by atoms with E-state index in [1.54, 1.807) is 19.2 Å². The van der Waals surface area contributed by atoms with E-state index in [-0.39, 0.29) is 11.4 Å². The monoisotopic (exact) mass is 277 g/mol. The highest BCUT2D eigenvalue weighted by atomic mass is 19.4. The van der Waals surface area contributed by atoms with E-state index in [9.17, 15) is 13.2 Å². The van der Waals surface area contributed by atoms with Crippen molar-refractivity contribution >= 4 is 0 Å². The number of halogens is 3. The van der Waals surface area contributed by atoms with Crippen LogP contribution in [0.25, 0.3) is 0 Å². The molecule has 0 fully saturated rings. The van der Waals surface area contributed by atoms with Crippen molar-refractivity contribution < 1.29 is 22.6 Å². The second kappa shape index (κ2) is 6.25. The van der Waals surface area contributed by atoms with Gasteiger partial charge in [0.2, 0.25) is 0 Å². The van der Waals surface area contributed by atoms with Crippen LogP contribution in [-0.2, 0) is 11.3 Å². The van der Waals surface area contributed by atoms with Gasteiger partial charge in [-0.2, -0.15) is 0 Å². The Balaban J connectivity index is 2.45. The summed E-state index contributed by atoms with van der Waals surface area (Å²) in [6.07, 6.45) is -4.65. The number of hydrogen-bond acceptors (Lipinski definition) is 3. The summed E-state index contributed by atoms with van der Waals surface area (Å²) in [5, 5.41) is 3.17. The topological polar surface area (TPSA) is 30.5 Å². The number of methoxy groups -OCH3 is 1. The van der Waals surface area contributed by atoms with E-state index in [1.165, 1.54) is 12.1 Å². The normalized spacial score (nSPS) is 12.5. The lowest BCUT2D eigenvalue weighted by molar-refractivity contribution is -0.274. The summed E-state index contributed by atoms with van der Waals surface area (Å²) in [6.45, 7) is 5.09. The van der Waals surface area contributed by atoms with Crippen LogP contribution in [0.4, 0.5) is 13.2 Å². The maximum Gasteiger partial charge on any atom is 0.573 e. The Bertz CT molecular complexity index is 388. The summed E-state index contributed by atoms with van der Waals surface area (Å²) < 4.78 is 44.9. The first-order valence-corrected chi connectivity index (χ1v) is 5.82. The Labute approximate surface area is 110 Å². The van der Waals surface area contributed by atoms with Gasteiger partial charge in [0, 0.05) is 20.2 Å². The highest BCUT2D eigenvalue weighted by Gasteiger charge is 2.30. The first kappa shape index (κ1) is 15.8. The third-order valence-corrected chi connectivity index (χ3v) is 2.59. The number of rotatable bonds is 6. The molecule has 0 saturated heterocycles. The van der Waals surface area contributed by atoms with Gasteiger partial charge in [-0.15, -0.1) is 13.2 Å². The Kier molecular flexibility index (Phi) is 5.20. The van der Waals surface area contributed by atoms with E-state index in [0.717, 1.165) is 5.56 Å². The number of nitrogens with one attached hydrogen (secondary N) is 1. The average Bonchev–Trinajstić information content (AvgIpc) is 2.29. The van der Waals surface area contributed by atoms with Gasteiger partial charge in [0.1, 0.15) is 5.75 Å². The fraction of sp³-hybridized carbons (Fsp3) is 0.538. The molecule has 1 aromatic rings. The Hall–Kier alpha value is -1.27. The first-order valence-electron chi connectivity index (χ1n) is 5.82. The number of benzene rings is 1. The SMILES string of the molecule is COC(C)(C)CNCc1ccc(OC(F)(F)F)cc1. The third-order valence-electron chi connectivity index (χ3n) is 2.59. The molecule has 6 heteroatoms. The molecule has 108 valence electrons. The predicted molar refractivity (Wildman–Crippen MR) is 65.9 cm³/mol. The van der Waals surface area contributed by atoms with Gasteiger partial charge in [-0.05, 0) is 31.5 Å². The molecule has 0 radical (unpaired) electrons. The zero-order chi connectivity index (χ0) is 14.5. The van der Waals surface area contributed by atoms with Crippen molar-refractivity contribution in [3.63, 3.8) is 0 Å².